The van der Waals surface area contributed by atoms with E-state index in [1.54, 1.807) is 11.3 Å². The number of thiazole rings is 1. The van der Waals surface area contributed by atoms with E-state index in [4.69, 9.17) is 9.97 Å². The van der Waals surface area contributed by atoms with Gasteiger partial charge in [-0.1, -0.05) is 59.1 Å². The summed E-state index contributed by atoms with van der Waals surface area (Å²) in [4.78, 5) is 14.0. The Kier molecular flexibility index (Phi) is 7.81. The second kappa shape index (κ2) is 10.4. The van der Waals surface area contributed by atoms with Crippen LogP contribution in [0.25, 0.3) is 20.8 Å². The van der Waals surface area contributed by atoms with Gasteiger partial charge in [0.25, 0.3) is 0 Å². The summed E-state index contributed by atoms with van der Waals surface area (Å²) in [6.45, 7) is 10.8. The summed E-state index contributed by atoms with van der Waals surface area (Å²) in [7, 11) is 0. The fourth-order valence-electron chi connectivity index (χ4n) is 3.34. The van der Waals surface area contributed by atoms with Gasteiger partial charge in [-0.25, -0.2) is 14.4 Å². The number of hydrogen-bond acceptors (Lipinski definition) is 6. The SMILES string of the molecule is CCCCC[C@@H](C)Nc1nc(NCC(C)(C)C)nc(CF)c1-c1nc2ccccc2s1. The van der Waals surface area contributed by atoms with Gasteiger partial charge in [0.05, 0.1) is 21.5 Å². The number of nitrogens with one attached hydrogen (secondary N) is 2. The Balaban J connectivity index is 2.01. The Morgan fingerprint density at radius 3 is 2.55 bits per heavy atom. The van der Waals surface area contributed by atoms with Crippen LogP contribution in [0.5, 0.6) is 0 Å². The van der Waals surface area contributed by atoms with Crippen molar-refractivity contribution >= 4 is 33.3 Å². The average Bonchev–Trinajstić information content (AvgIpc) is 3.15. The zero-order valence-corrected chi connectivity index (χ0v) is 20.1. The lowest BCUT2D eigenvalue weighted by atomic mass is 9.97. The van der Waals surface area contributed by atoms with E-state index < -0.39 is 6.67 Å². The Morgan fingerprint density at radius 1 is 1.10 bits per heavy atom. The highest BCUT2D eigenvalue weighted by molar-refractivity contribution is 7.21. The molecule has 2 aromatic heterocycles. The minimum Gasteiger partial charge on any atom is -0.367 e. The second-order valence-corrected chi connectivity index (χ2v) is 10.3. The number of para-hydroxylation sites is 1. The number of benzene rings is 1. The smallest absolute Gasteiger partial charge is 0.225 e. The molecule has 0 amide bonds. The largest absolute Gasteiger partial charge is 0.367 e. The van der Waals surface area contributed by atoms with Crippen LogP contribution in [0.3, 0.4) is 0 Å². The van der Waals surface area contributed by atoms with Crippen LogP contribution >= 0.6 is 11.3 Å². The maximum atomic E-state index is 14.2. The van der Waals surface area contributed by atoms with Crippen molar-refractivity contribution in [3.63, 3.8) is 0 Å². The molecule has 5 nitrogen and oxygen atoms in total. The van der Waals surface area contributed by atoms with Crippen molar-refractivity contribution in [3.8, 4) is 10.6 Å². The highest BCUT2D eigenvalue weighted by Gasteiger charge is 2.21. The van der Waals surface area contributed by atoms with Gasteiger partial charge < -0.3 is 10.6 Å². The molecule has 0 aliphatic rings. The summed E-state index contributed by atoms with van der Waals surface area (Å²) in [5.74, 6) is 1.11. The number of alkyl halides is 1. The van der Waals surface area contributed by atoms with Crippen LogP contribution in [-0.4, -0.2) is 27.5 Å². The first-order valence-corrected chi connectivity index (χ1v) is 12.0. The lowest BCUT2D eigenvalue weighted by Gasteiger charge is -2.21. The van der Waals surface area contributed by atoms with E-state index in [0.29, 0.717) is 29.6 Å². The molecule has 3 aromatic rings. The molecule has 1 atom stereocenters. The van der Waals surface area contributed by atoms with Crippen LogP contribution in [0.2, 0.25) is 0 Å². The average molecular weight is 444 g/mol. The third-order valence-electron chi connectivity index (χ3n) is 5.02. The fourth-order valence-corrected chi connectivity index (χ4v) is 4.38. The van der Waals surface area contributed by atoms with Gasteiger partial charge in [-0.15, -0.1) is 11.3 Å². The van der Waals surface area contributed by atoms with Crippen molar-refractivity contribution in [2.75, 3.05) is 17.2 Å². The van der Waals surface area contributed by atoms with Gasteiger partial charge in [-0.05, 0) is 30.9 Å². The molecule has 3 rings (SSSR count). The third kappa shape index (κ3) is 6.35. The maximum absolute atomic E-state index is 14.2. The quantitative estimate of drug-likeness (QED) is 0.328. The Labute approximate surface area is 188 Å². The molecule has 0 bridgehead atoms. The molecule has 7 heteroatoms. The molecule has 0 spiro atoms. The maximum Gasteiger partial charge on any atom is 0.225 e. The van der Waals surface area contributed by atoms with Crippen molar-refractivity contribution in [1.82, 2.24) is 15.0 Å². The van der Waals surface area contributed by atoms with Crippen molar-refractivity contribution in [3.05, 3.63) is 30.0 Å². The Hall–Kier alpha value is -2.28. The van der Waals surface area contributed by atoms with E-state index in [1.807, 2.05) is 24.3 Å². The van der Waals surface area contributed by atoms with Crippen LogP contribution in [0.15, 0.2) is 24.3 Å². The molecule has 0 saturated heterocycles. The lowest BCUT2D eigenvalue weighted by molar-refractivity contribution is 0.441. The molecule has 0 fully saturated rings. The summed E-state index contributed by atoms with van der Waals surface area (Å²) in [6, 6.07) is 8.19. The predicted molar refractivity (Wildman–Crippen MR) is 131 cm³/mol. The van der Waals surface area contributed by atoms with Gasteiger partial charge in [0, 0.05) is 12.6 Å². The van der Waals surface area contributed by atoms with E-state index >= 15 is 0 Å². The number of halogens is 1. The van der Waals surface area contributed by atoms with Gasteiger partial charge >= 0.3 is 0 Å². The summed E-state index contributed by atoms with van der Waals surface area (Å²) in [5.41, 5.74) is 2.01. The Morgan fingerprint density at radius 2 is 1.87 bits per heavy atom. The summed E-state index contributed by atoms with van der Waals surface area (Å²) >= 11 is 1.55. The molecule has 168 valence electrons. The second-order valence-electron chi connectivity index (χ2n) is 9.29. The van der Waals surface area contributed by atoms with Crippen LogP contribution in [0, 0.1) is 5.41 Å². The standard InChI is InChI=1S/C24H34FN5S/c1-6-7-8-11-16(2)27-21-20(22-28-17-12-9-10-13-19(17)31-22)18(14-25)29-23(30-21)26-15-24(3,4)5/h9-10,12-13,16H,6-8,11,14-15H2,1-5H3,(H2,26,27,29,30)/t16-/m1/s1. The molecule has 1 aromatic carbocycles. The molecule has 0 saturated carbocycles. The number of anilines is 2. The van der Waals surface area contributed by atoms with E-state index in [9.17, 15) is 4.39 Å². The minimum atomic E-state index is -0.670. The first-order valence-electron chi connectivity index (χ1n) is 11.1. The molecule has 0 unspecified atom stereocenters. The fraction of sp³-hybridized carbons (Fsp3) is 0.542. The van der Waals surface area contributed by atoms with Gasteiger partial charge in [-0.3, -0.25) is 0 Å². The lowest BCUT2D eigenvalue weighted by Crippen LogP contribution is -2.22. The van der Waals surface area contributed by atoms with E-state index in [-0.39, 0.29) is 11.5 Å². The molecule has 0 radical (unpaired) electrons. The third-order valence-corrected chi connectivity index (χ3v) is 6.07. The first-order chi connectivity index (χ1) is 14.8. The van der Waals surface area contributed by atoms with Crippen molar-refractivity contribution in [1.29, 1.82) is 0 Å². The van der Waals surface area contributed by atoms with Gasteiger partial charge in [0.1, 0.15) is 17.5 Å². The number of rotatable bonds is 10. The van der Waals surface area contributed by atoms with Crippen molar-refractivity contribution in [2.24, 2.45) is 5.41 Å². The summed E-state index contributed by atoms with van der Waals surface area (Å²) < 4.78 is 15.2. The molecular formula is C24H34FN5S. The molecule has 31 heavy (non-hydrogen) atoms. The first kappa shape index (κ1) is 23.4. The molecule has 2 N–H and O–H groups in total. The van der Waals surface area contributed by atoms with E-state index in [0.717, 1.165) is 28.1 Å². The van der Waals surface area contributed by atoms with Crippen LogP contribution < -0.4 is 10.6 Å². The van der Waals surface area contributed by atoms with Crippen LogP contribution in [0.4, 0.5) is 16.2 Å². The summed E-state index contributed by atoms with van der Waals surface area (Å²) in [6.07, 6.45) is 4.57. The highest BCUT2D eigenvalue weighted by atomic mass is 32.1. The highest BCUT2D eigenvalue weighted by Crippen LogP contribution is 2.37. The number of hydrogen-bond donors (Lipinski definition) is 2. The van der Waals surface area contributed by atoms with Crippen LogP contribution in [-0.2, 0) is 6.67 Å². The van der Waals surface area contributed by atoms with Crippen molar-refractivity contribution < 1.29 is 4.39 Å². The van der Waals surface area contributed by atoms with Crippen LogP contribution in [0.1, 0.15) is 66.0 Å². The minimum absolute atomic E-state index is 0.0615. The van der Waals surface area contributed by atoms with E-state index in [2.05, 4.69) is 50.2 Å². The summed E-state index contributed by atoms with van der Waals surface area (Å²) in [5, 5.41) is 7.57. The molecular weight excluding hydrogens is 409 g/mol. The Bertz CT molecular complexity index is 962. The number of unbranched alkanes of at least 4 members (excludes halogenated alkanes) is 2. The predicted octanol–water partition coefficient (Wildman–Crippen LogP) is 7.06. The van der Waals surface area contributed by atoms with Gasteiger partial charge in [0.2, 0.25) is 5.95 Å². The normalized spacial score (nSPS) is 12.8. The zero-order valence-electron chi connectivity index (χ0n) is 19.3. The molecule has 0 aliphatic carbocycles. The molecule has 2 heterocycles. The van der Waals surface area contributed by atoms with Gasteiger partial charge in [0.15, 0.2) is 0 Å². The van der Waals surface area contributed by atoms with Gasteiger partial charge in [-0.2, -0.15) is 4.98 Å². The monoisotopic (exact) mass is 443 g/mol. The van der Waals surface area contributed by atoms with E-state index in [1.165, 1.54) is 12.8 Å². The number of aromatic nitrogens is 3. The zero-order chi connectivity index (χ0) is 22.4. The number of fused-ring (bicyclic) bond motifs is 1. The topological polar surface area (TPSA) is 62.7 Å². The molecule has 0 aliphatic heterocycles. The van der Waals surface area contributed by atoms with Crippen molar-refractivity contribution in [2.45, 2.75) is 73.0 Å². The number of nitrogens with zero attached hydrogens (tertiary/aromatic N) is 3.